The number of hydrogen-bond acceptors (Lipinski definition) is 4. The van der Waals surface area contributed by atoms with Gasteiger partial charge < -0.3 is 14.6 Å². The number of aromatic nitrogens is 2. The van der Waals surface area contributed by atoms with E-state index in [9.17, 15) is 4.79 Å². The molecule has 1 aliphatic heterocycles. The van der Waals surface area contributed by atoms with Gasteiger partial charge in [0.15, 0.2) is 0 Å². The van der Waals surface area contributed by atoms with Crippen molar-refractivity contribution in [3.63, 3.8) is 0 Å². The Hall–Kier alpha value is -0.630. The molecule has 2 rings (SSSR count). The van der Waals surface area contributed by atoms with E-state index in [2.05, 4.69) is 21.9 Å². The molecule has 0 amide bonds. The molecule has 1 aliphatic rings. The summed E-state index contributed by atoms with van der Waals surface area (Å²) in [7, 11) is 2.10. The number of piperidine rings is 1. The van der Waals surface area contributed by atoms with Crippen LogP contribution in [0.5, 0.6) is 5.88 Å². The molecule has 6 heteroatoms. The summed E-state index contributed by atoms with van der Waals surface area (Å²) < 4.78 is 6.28. The van der Waals surface area contributed by atoms with Crippen LogP contribution in [0, 0.1) is 3.57 Å². The molecule has 0 unspecified atom stereocenters. The van der Waals surface area contributed by atoms with E-state index < -0.39 is 0 Å². The summed E-state index contributed by atoms with van der Waals surface area (Å²) >= 11 is 1.96. The Morgan fingerprint density at radius 2 is 2.25 bits per heavy atom. The highest BCUT2D eigenvalue weighted by molar-refractivity contribution is 14.1. The molecule has 0 spiro atoms. The van der Waals surface area contributed by atoms with Gasteiger partial charge >= 0.3 is 0 Å². The number of aromatic amines is 1. The van der Waals surface area contributed by atoms with E-state index in [0.717, 1.165) is 25.9 Å². The van der Waals surface area contributed by atoms with Crippen molar-refractivity contribution in [2.24, 2.45) is 0 Å². The van der Waals surface area contributed by atoms with Crippen LogP contribution >= 0.6 is 22.6 Å². The number of halogens is 1. The number of nitrogens with zero attached hydrogens (tertiary/aromatic N) is 2. The topological polar surface area (TPSA) is 58.2 Å². The average Bonchev–Trinajstić information content (AvgIpc) is 2.28. The lowest BCUT2D eigenvalue weighted by Crippen LogP contribution is -2.36. The highest BCUT2D eigenvalue weighted by atomic mass is 127. The summed E-state index contributed by atoms with van der Waals surface area (Å²) in [5.41, 5.74) is -0.140. The maximum Gasteiger partial charge on any atom is 0.268 e. The van der Waals surface area contributed by atoms with E-state index >= 15 is 0 Å². The monoisotopic (exact) mass is 335 g/mol. The smallest absolute Gasteiger partial charge is 0.268 e. The Labute approximate surface area is 107 Å². The lowest BCUT2D eigenvalue weighted by atomic mass is 10.1. The minimum atomic E-state index is -0.140. The molecule has 1 N–H and O–H groups in total. The fraction of sp³-hybridized carbons (Fsp3) is 0.600. The van der Waals surface area contributed by atoms with Gasteiger partial charge in [0.25, 0.3) is 5.56 Å². The van der Waals surface area contributed by atoms with Crippen LogP contribution in [-0.2, 0) is 0 Å². The highest BCUT2D eigenvalue weighted by Crippen LogP contribution is 2.18. The Kier molecular flexibility index (Phi) is 3.80. The van der Waals surface area contributed by atoms with Gasteiger partial charge in [-0.05, 0) is 42.5 Å². The summed E-state index contributed by atoms with van der Waals surface area (Å²) in [5, 5.41) is 0. The van der Waals surface area contributed by atoms with E-state index in [1.54, 1.807) is 0 Å². The molecule has 0 aliphatic carbocycles. The van der Waals surface area contributed by atoms with Gasteiger partial charge in [-0.1, -0.05) is 0 Å². The second-order valence-electron chi connectivity index (χ2n) is 3.97. The van der Waals surface area contributed by atoms with Crippen molar-refractivity contribution in [1.29, 1.82) is 0 Å². The lowest BCUT2D eigenvalue weighted by molar-refractivity contribution is 0.109. The van der Waals surface area contributed by atoms with E-state index in [1.165, 1.54) is 6.33 Å². The van der Waals surface area contributed by atoms with Crippen molar-refractivity contribution in [3.8, 4) is 5.88 Å². The van der Waals surface area contributed by atoms with Crippen LogP contribution in [-0.4, -0.2) is 41.1 Å². The van der Waals surface area contributed by atoms with Gasteiger partial charge in [0.05, 0.1) is 6.33 Å². The molecule has 1 aromatic heterocycles. The molecule has 2 heterocycles. The zero-order valence-electron chi connectivity index (χ0n) is 9.07. The first-order chi connectivity index (χ1) is 7.66. The third-order valence-corrected chi connectivity index (χ3v) is 3.66. The number of nitrogens with one attached hydrogen (secondary N) is 1. The van der Waals surface area contributed by atoms with E-state index in [1.807, 2.05) is 22.6 Å². The first kappa shape index (κ1) is 11.8. The molecule has 0 bridgehead atoms. The molecule has 0 aromatic carbocycles. The van der Waals surface area contributed by atoms with Crippen LogP contribution in [0.2, 0.25) is 0 Å². The van der Waals surface area contributed by atoms with Gasteiger partial charge in [0, 0.05) is 13.1 Å². The number of rotatable bonds is 2. The average molecular weight is 335 g/mol. The second-order valence-corrected chi connectivity index (χ2v) is 5.05. The van der Waals surface area contributed by atoms with E-state index in [0.29, 0.717) is 9.45 Å². The second kappa shape index (κ2) is 5.13. The van der Waals surface area contributed by atoms with Gasteiger partial charge in [-0.15, -0.1) is 0 Å². The molecule has 1 fully saturated rings. The van der Waals surface area contributed by atoms with Crippen LogP contribution in [0.1, 0.15) is 12.8 Å². The van der Waals surface area contributed by atoms with Crippen LogP contribution < -0.4 is 10.3 Å². The fourth-order valence-corrected chi connectivity index (χ4v) is 2.13. The summed E-state index contributed by atoms with van der Waals surface area (Å²) in [6.45, 7) is 2.06. The Morgan fingerprint density at radius 3 is 2.94 bits per heavy atom. The molecular weight excluding hydrogens is 321 g/mol. The summed E-state index contributed by atoms with van der Waals surface area (Å²) in [4.78, 5) is 20.2. The molecule has 0 atom stereocenters. The minimum Gasteiger partial charge on any atom is -0.473 e. The molecule has 1 aromatic rings. The van der Waals surface area contributed by atoms with Crippen LogP contribution in [0.25, 0.3) is 0 Å². The summed E-state index contributed by atoms with van der Waals surface area (Å²) in [5.74, 6) is 0.457. The van der Waals surface area contributed by atoms with Gasteiger partial charge in [-0.25, -0.2) is 4.98 Å². The van der Waals surface area contributed by atoms with E-state index in [4.69, 9.17) is 4.74 Å². The minimum absolute atomic E-state index is 0.140. The third-order valence-electron chi connectivity index (χ3n) is 2.71. The van der Waals surface area contributed by atoms with Crippen LogP contribution in [0.3, 0.4) is 0 Å². The Bertz CT molecular complexity index is 413. The van der Waals surface area contributed by atoms with E-state index in [-0.39, 0.29) is 11.7 Å². The Morgan fingerprint density at radius 1 is 1.56 bits per heavy atom. The Balaban J connectivity index is 2.04. The molecule has 5 nitrogen and oxygen atoms in total. The number of hydrogen-bond donors (Lipinski definition) is 1. The predicted octanol–water partition coefficient (Wildman–Crippen LogP) is 0.848. The molecule has 0 saturated carbocycles. The number of ether oxygens (including phenoxy) is 1. The largest absolute Gasteiger partial charge is 0.473 e. The van der Waals surface area contributed by atoms with Crippen molar-refractivity contribution in [2.75, 3.05) is 20.1 Å². The maximum absolute atomic E-state index is 11.3. The molecular formula is C10H14IN3O2. The first-order valence-corrected chi connectivity index (χ1v) is 6.33. The third kappa shape index (κ3) is 2.73. The zero-order valence-corrected chi connectivity index (χ0v) is 11.2. The standard InChI is InChI=1S/C10H14IN3O2/c1-14-4-2-7(3-5-14)16-10-8(11)9(15)12-6-13-10/h6-7H,2-5H2,1H3,(H,12,13,15). The molecule has 0 radical (unpaired) electrons. The molecule has 88 valence electrons. The lowest BCUT2D eigenvalue weighted by Gasteiger charge is -2.28. The van der Waals surface area contributed by atoms with Crippen molar-refractivity contribution in [1.82, 2.24) is 14.9 Å². The maximum atomic E-state index is 11.3. The quantitative estimate of drug-likeness (QED) is 0.814. The van der Waals surface area contributed by atoms with Crippen LogP contribution in [0.4, 0.5) is 0 Å². The number of H-pyrrole nitrogens is 1. The van der Waals surface area contributed by atoms with Crippen molar-refractivity contribution >= 4 is 22.6 Å². The summed E-state index contributed by atoms with van der Waals surface area (Å²) in [6.07, 6.45) is 3.54. The van der Waals surface area contributed by atoms with Crippen molar-refractivity contribution < 1.29 is 4.74 Å². The molecule has 1 saturated heterocycles. The molecule has 16 heavy (non-hydrogen) atoms. The predicted molar refractivity (Wildman–Crippen MR) is 68.7 cm³/mol. The van der Waals surface area contributed by atoms with Crippen molar-refractivity contribution in [2.45, 2.75) is 18.9 Å². The normalized spacial score (nSPS) is 18.6. The van der Waals surface area contributed by atoms with Gasteiger partial charge in [0.1, 0.15) is 9.67 Å². The van der Waals surface area contributed by atoms with Crippen molar-refractivity contribution in [3.05, 3.63) is 20.3 Å². The van der Waals surface area contributed by atoms with Gasteiger partial charge in [0.2, 0.25) is 5.88 Å². The SMILES string of the molecule is CN1CCC(Oc2nc[nH]c(=O)c2I)CC1. The van der Waals surface area contributed by atoms with Gasteiger partial charge in [-0.3, -0.25) is 4.79 Å². The fourth-order valence-electron chi connectivity index (χ4n) is 1.71. The number of likely N-dealkylation sites (tertiary alicyclic amines) is 1. The zero-order chi connectivity index (χ0) is 11.5. The first-order valence-electron chi connectivity index (χ1n) is 5.25. The summed E-state index contributed by atoms with van der Waals surface area (Å²) in [6, 6.07) is 0. The van der Waals surface area contributed by atoms with Crippen LogP contribution in [0.15, 0.2) is 11.1 Å². The van der Waals surface area contributed by atoms with Gasteiger partial charge in [-0.2, -0.15) is 0 Å². The highest BCUT2D eigenvalue weighted by Gasteiger charge is 2.19.